The van der Waals surface area contributed by atoms with Crippen molar-refractivity contribution >= 4 is 15.6 Å². The highest BCUT2D eigenvalue weighted by atomic mass is 32.2. The van der Waals surface area contributed by atoms with Gasteiger partial charge in [-0.15, -0.1) is 0 Å². The van der Waals surface area contributed by atoms with Crippen LogP contribution in [0.15, 0.2) is 83.9 Å². The van der Waals surface area contributed by atoms with Crippen molar-refractivity contribution < 1.29 is 17.9 Å². The van der Waals surface area contributed by atoms with Crippen molar-refractivity contribution in [3.63, 3.8) is 0 Å². The predicted octanol–water partition coefficient (Wildman–Crippen LogP) is 4.55. The van der Waals surface area contributed by atoms with Crippen LogP contribution in [0.25, 0.3) is 39.5 Å². The van der Waals surface area contributed by atoms with Crippen LogP contribution in [0.4, 0.5) is 0 Å². The number of methoxy groups -OCH3 is 2. The Morgan fingerprint density at radius 2 is 1.20 bits per heavy atom. The maximum atomic E-state index is 11.8. The smallest absolute Gasteiger partial charge is 0.251 e. The second-order valence-electron chi connectivity index (χ2n) is 7.93. The Morgan fingerprint density at radius 3 is 1.71 bits per heavy atom. The Labute approximate surface area is 202 Å². The monoisotopic (exact) mass is 486 g/mol. The minimum atomic E-state index is -3.28. The first-order chi connectivity index (χ1) is 16.9. The van der Waals surface area contributed by atoms with Gasteiger partial charge in [0.2, 0.25) is 0 Å². The van der Waals surface area contributed by atoms with Crippen LogP contribution >= 0.6 is 0 Å². The third kappa shape index (κ3) is 4.45. The maximum Gasteiger partial charge on any atom is 0.251 e. The molecule has 35 heavy (non-hydrogen) atoms. The molecule has 0 radical (unpaired) electrons. The van der Waals surface area contributed by atoms with E-state index in [0.29, 0.717) is 22.9 Å². The summed E-state index contributed by atoms with van der Waals surface area (Å²) in [7, 11) is -0.0299. The highest BCUT2D eigenvalue weighted by Gasteiger charge is 2.17. The van der Waals surface area contributed by atoms with Crippen LogP contribution in [0.1, 0.15) is 0 Å². The van der Waals surface area contributed by atoms with Gasteiger partial charge in [-0.1, -0.05) is 12.1 Å². The fourth-order valence-corrected chi connectivity index (χ4v) is 4.36. The summed E-state index contributed by atoms with van der Waals surface area (Å²) in [5, 5.41) is 4.85. The van der Waals surface area contributed by atoms with E-state index in [-0.39, 0.29) is 4.90 Å². The number of ether oxygens (including phenoxy) is 2. The number of aromatic nitrogens is 4. The van der Waals surface area contributed by atoms with E-state index in [1.807, 2.05) is 48.5 Å². The second-order valence-corrected chi connectivity index (χ2v) is 9.95. The average molecular weight is 487 g/mol. The molecule has 2 heterocycles. The minimum absolute atomic E-state index is 0.254. The van der Waals surface area contributed by atoms with Gasteiger partial charge in [0.15, 0.2) is 9.84 Å². The molecule has 0 fully saturated rings. The third-order valence-corrected chi connectivity index (χ3v) is 6.75. The molecule has 3 aromatic carbocycles. The van der Waals surface area contributed by atoms with Crippen LogP contribution in [-0.4, -0.2) is 48.5 Å². The molecule has 5 rings (SSSR count). The van der Waals surface area contributed by atoms with Crippen molar-refractivity contribution in [2.45, 2.75) is 4.90 Å². The molecule has 0 aliphatic heterocycles. The van der Waals surface area contributed by atoms with Crippen LogP contribution < -0.4 is 9.47 Å². The second kappa shape index (κ2) is 8.84. The van der Waals surface area contributed by atoms with Crippen molar-refractivity contribution in [3.8, 4) is 45.3 Å². The topological polar surface area (TPSA) is 95.7 Å². The van der Waals surface area contributed by atoms with Gasteiger partial charge < -0.3 is 9.47 Å². The number of nitrogens with zero attached hydrogens (tertiary/aromatic N) is 4. The first kappa shape index (κ1) is 22.5. The summed E-state index contributed by atoms with van der Waals surface area (Å²) in [6, 6.07) is 21.8. The third-order valence-electron chi connectivity index (χ3n) is 5.62. The Hall–Kier alpha value is -4.24. The minimum Gasteiger partial charge on any atom is -0.497 e. The van der Waals surface area contributed by atoms with E-state index in [1.165, 1.54) is 6.26 Å². The van der Waals surface area contributed by atoms with E-state index in [2.05, 4.69) is 4.98 Å². The number of benzene rings is 3. The molecule has 0 bridgehead atoms. The zero-order chi connectivity index (χ0) is 24.6. The summed E-state index contributed by atoms with van der Waals surface area (Å²) >= 11 is 0. The van der Waals surface area contributed by atoms with E-state index in [1.54, 1.807) is 49.2 Å². The largest absolute Gasteiger partial charge is 0.497 e. The first-order valence-electron chi connectivity index (χ1n) is 10.7. The molecule has 0 aliphatic carbocycles. The molecule has 0 spiro atoms. The van der Waals surface area contributed by atoms with Gasteiger partial charge in [-0.25, -0.2) is 22.9 Å². The Morgan fingerprint density at radius 1 is 0.686 bits per heavy atom. The lowest BCUT2D eigenvalue weighted by Gasteiger charge is -2.10. The van der Waals surface area contributed by atoms with Gasteiger partial charge in [0.05, 0.1) is 31.0 Å². The SMILES string of the molecule is COc1ccc(-c2nc3nc(-c4ccc(S(C)(=O)=O)cc4)cn3nc2-c2ccc(OC)cc2)cc1. The molecule has 5 aromatic rings. The molecule has 0 saturated heterocycles. The average Bonchev–Trinajstić information content (AvgIpc) is 3.31. The number of hydrogen-bond acceptors (Lipinski definition) is 7. The molecule has 0 unspecified atom stereocenters. The molecule has 0 N–H and O–H groups in total. The highest BCUT2D eigenvalue weighted by molar-refractivity contribution is 7.90. The van der Waals surface area contributed by atoms with Crippen LogP contribution in [0.2, 0.25) is 0 Å². The lowest BCUT2D eigenvalue weighted by Crippen LogP contribution is -2.01. The summed E-state index contributed by atoms with van der Waals surface area (Å²) in [4.78, 5) is 9.75. The van der Waals surface area contributed by atoms with E-state index >= 15 is 0 Å². The Bertz CT molecular complexity index is 1530. The van der Waals surface area contributed by atoms with Crippen LogP contribution in [0, 0.1) is 0 Å². The van der Waals surface area contributed by atoms with Crippen molar-refractivity contribution in [3.05, 3.63) is 79.0 Å². The zero-order valence-corrected chi connectivity index (χ0v) is 20.2. The lowest BCUT2D eigenvalue weighted by molar-refractivity contribution is 0.414. The summed E-state index contributed by atoms with van der Waals surface area (Å²) < 4.78 is 35.8. The zero-order valence-electron chi connectivity index (χ0n) is 19.3. The fraction of sp³-hybridized carbons (Fsp3) is 0.115. The summed E-state index contributed by atoms with van der Waals surface area (Å²) in [5.41, 5.74) is 4.50. The maximum absolute atomic E-state index is 11.8. The normalized spacial score (nSPS) is 11.5. The van der Waals surface area contributed by atoms with Gasteiger partial charge in [0, 0.05) is 22.9 Å². The molecule has 9 heteroatoms. The number of sulfone groups is 1. The Kier molecular flexibility index (Phi) is 5.70. The van der Waals surface area contributed by atoms with Crippen LogP contribution in [-0.2, 0) is 9.84 Å². The van der Waals surface area contributed by atoms with Gasteiger partial charge in [0.1, 0.15) is 22.9 Å². The molecule has 2 aromatic heterocycles. The van der Waals surface area contributed by atoms with Crippen molar-refractivity contribution in [1.29, 1.82) is 0 Å². The molecular formula is C26H22N4O4S. The van der Waals surface area contributed by atoms with Crippen molar-refractivity contribution in [1.82, 2.24) is 19.6 Å². The van der Waals surface area contributed by atoms with Crippen LogP contribution in [0.5, 0.6) is 11.5 Å². The van der Waals surface area contributed by atoms with E-state index < -0.39 is 9.84 Å². The van der Waals surface area contributed by atoms with Gasteiger partial charge in [-0.2, -0.15) is 5.10 Å². The quantitative estimate of drug-likeness (QED) is 0.348. The predicted molar refractivity (Wildman–Crippen MR) is 133 cm³/mol. The van der Waals surface area contributed by atoms with Crippen LogP contribution in [0.3, 0.4) is 0 Å². The van der Waals surface area contributed by atoms with E-state index in [4.69, 9.17) is 19.6 Å². The molecular weight excluding hydrogens is 464 g/mol. The van der Waals surface area contributed by atoms with Gasteiger partial charge in [-0.3, -0.25) is 0 Å². The first-order valence-corrected chi connectivity index (χ1v) is 12.6. The fourth-order valence-electron chi connectivity index (χ4n) is 3.72. The van der Waals surface area contributed by atoms with Gasteiger partial charge in [0.25, 0.3) is 5.78 Å². The van der Waals surface area contributed by atoms with E-state index in [0.717, 1.165) is 28.2 Å². The van der Waals surface area contributed by atoms with Gasteiger partial charge in [-0.05, 0) is 60.7 Å². The summed E-state index contributed by atoms with van der Waals surface area (Å²) in [6.45, 7) is 0. The standard InChI is InChI=1S/C26H22N4O4S/c1-33-20-10-4-18(5-11-20)24-25(19-6-12-21(34-2)13-7-19)29-30-16-23(27-26(30)28-24)17-8-14-22(15-9-17)35(3,31)32/h4-16H,1-3H3. The van der Waals surface area contributed by atoms with E-state index in [9.17, 15) is 8.42 Å². The molecule has 0 atom stereocenters. The lowest BCUT2D eigenvalue weighted by atomic mass is 10.0. The highest BCUT2D eigenvalue weighted by Crippen LogP contribution is 2.32. The van der Waals surface area contributed by atoms with Crippen molar-refractivity contribution in [2.24, 2.45) is 0 Å². The number of rotatable bonds is 6. The summed E-state index contributed by atoms with van der Waals surface area (Å²) in [5.74, 6) is 1.92. The number of imidazole rings is 1. The molecule has 8 nitrogen and oxygen atoms in total. The number of hydrogen-bond donors (Lipinski definition) is 0. The summed E-state index contributed by atoms with van der Waals surface area (Å²) in [6.07, 6.45) is 2.96. The molecule has 0 amide bonds. The molecule has 0 saturated carbocycles. The van der Waals surface area contributed by atoms with Gasteiger partial charge >= 0.3 is 0 Å². The number of fused-ring (bicyclic) bond motifs is 1. The Balaban J connectivity index is 1.65. The van der Waals surface area contributed by atoms with Crippen molar-refractivity contribution in [2.75, 3.05) is 20.5 Å². The molecule has 176 valence electrons. The molecule has 0 aliphatic rings.